The van der Waals surface area contributed by atoms with Gasteiger partial charge in [-0.05, 0) is 23.2 Å². The third-order valence-corrected chi connectivity index (χ3v) is 3.24. The number of benzene rings is 1. The monoisotopic (exact) mass is 228 g/mol. The Balaban J connectivity index is 0.00000169. The van der Waals surface area contributed by atoms with Crippen molar-refractivity contribution < 1.29 is 42.0 Å². The SMILES string of the molecule is O=S([O-])c1ccccc1P(=O)(O)O.[Li+]. The molecule has 0 fully saturated rings. The summed E-state index contributed by atoms with van der Waals surface area (Å²) < 4.78 is 31.8. The Labute approximate surface area is 95.2 Å². The van der Waals surface area contributed by atoms with Crippen LogP contribution in [0.4, 0.5) is 0 Å². The van der Waals surface area contributed by atoms with Gasteiger partial charge in [0.25, 0.3) is 0 Å². The molecular formula is C6H6LiO5PS. The minimum absolute atomic E-state index is 0. The summed E-state index contributed by atoms with van der Waals surface area (Å²) in [5, 5.41) is -0.469. The van der Waals surface area contributed by atoms with E-state index in [1.54, 1.807) is 0 Å². The average Bonchev–Trinajstić information content (AvgIpc) is 2.03. The second kappa shape index (κ2) is 5.24. The van der Waals surface area contributed by atoms with Crippen molar-refractivity contribution in [1.82, 2.24) is 0 Å². The van der Waals surface area contributed by atoms with Crippen LogP contribution in [0.3, 0.4) is 0 Å². The van der Waals surface area contributed by atoms with Crippen molar-refractivity contribution in [2.75, 3.05) is 0 Å². The summed E-state index contributed by atoms with van der Waals surface area (Å²) in [6, 6.07) is 4.98. The summed E-state index contributed by atoms with van der Waals surface area (Å²) in [5.74, 6) is 0. The van der Waals surface area contributed by atoms with Crippen molar-refractivity contribution in [1.29, 1.82) is 0 Å². The van der Waals surface area contributed by atoms with Crippen LogP contribution < -0.4 is 24.2 Å². The molecule has 0 spiro atoms. The molecule has 72 valence electrons. The molecule has 8 heteroatoms. The van der Waals surface area contributed by atoms with Crippen LogP contribution in [-0.2, 0) is 15.6 Å². The molecule has 0 aliphatic rings. The Morgan fingerprint density at radius 1 is 1.29 bits per heavy atom. The molecule has 0 saturated carbocycles. The topological polar surface area (TPSA) is 97.7 Å². The fourth-order valence-corrected chi connectivity index (χ4v) is 2.49. The molecule has 1 rings (SSSR count). The standard InChI is InChI=1S/C6H7O5PS.Li/c7-12(8,9)5-3-1-2-4-6(5)13(10)11;/h1-4H,(H,10,11)(H2,7,8,9);/q;+1/p-1. The van der Waals surface area contributed by atoms with E-state index in [4.69, 9.17) is 9.79 Å². The van der Waals surface area contributed by atoms with Crippen molar-refractivity contribution in [3.8, 4) is 0 Å². The van der Waals surface area contributed by atoms with Crippen LogP contribution in [0.1, 0.15) is 0 Å². The van der Waals surface area contributed by atoms with Gasteiger partial charge in [0.05, 0.1) is 5.30 Å². The molecule has 1 aromatic rings. The molecule has 0 aromatic heterocycles. The molecule has 0 bridgehead atoms. The van der Waals surface area contributed by atoms with E-state index in [-0.39, 0.29) is 23.8 Å². The van der Waals surface area contributed by atoms with Crippen molar-refractivity contribution in [3.05, 3.63) is 24.3 Å². The second-order valence-corrected chi connectivity index (χ2v) is 4.73. The van der Waals surface area contributed by atoms with Crippen molar-refractivity contribution in [2.24, 2.45) is 0 Å². The molecule has 1 atom stereocenters. The summed E-state index contributed by atoms with van der Waals surface area (Å²) in [4.78, 5) is 17.1. The van der Waals surface area contributed by atoms with Crippen LogP contribution in [0.2, 0.25) is 0 Å². The maximum absolute atomic E-state index is 10.8. The van der Waals surface area contributed by atoms with Gasteiger partial charge in [0.1, 0.15) is 0 Å². The van der Waals surface area contributed by atoms with Crippen molar-refractivity contribution in [3.63, 3.8) is 0 Å². The van der Waals surface area contributed by atoms with E-state index in [1.165, 1.54) is 12.1 Å². The molecule has 0 aliphatic carbocycles. The predicted molar refractivity (Wildman–Crippen MR) is 45.3 cm³/mol. The van der Waals surface area contributed by atoms with E-state index in [1.807, 2.05) is 0 Å². The normalized spacial score (nSPS) is 13.1. The van der Waals surface area contributed by atoms with E-state index < -0.39 is 24.0 Å². The van der Waals surface area contributed by atoms with Gasteiger partial charge in [-0.1, -0.05) is 12.1 Å². The molecule has 0 radical (unpaired) electrons. The van der Waals surface area contributed by atoms with E-state index in [0.717, 1.165) is 12.1 Å². The number of hydrogen-bond acceptors (Lipinski definition) is 3. The summed E-state index contributed by atoms with van der Waals surface area (Å²) in [6.45, 7) is 0. The third kappa shape index (κ3) is 3.34. The summed E-state index contributed by atoms with van der Waals surface area (Å²) in [6.07, 6.45) is 0. The fourth-order valence-electron chi connectivity index (χ4n) is 0.839. The maximum atomic E-state index is 10.8. The largest absolute Gasteiger partial charge is 1.00 e. The number of hydrogen-bond donors (Lipinski definition) is 2. The zero-order valence-corrected chi connectivity index (χ0v) is 8.99. The zero-order valence-electron chi connectivity index (χ0n) is 7.28. The van der Waals surface area contributed by atoms with Gasteiger partial charge in [-0.2, -0.15) is 0 Å². The maximum Gasteiger partial charge on any atom is 1.00 e. The van der Waals surface area contributed by atoms with Gasteiger partial charge in [-0.15, -0.1) is 0 Å². The Bertz CT molecular complexity index is 390. The van der Waals surface area contributed by atoms with Gasteiger partial charge < -0.3 is 14.3 Å². The first-order chi connectivity index (χ1) is 5.93. The van der Waals surface area contributed by atoms with E-state index >= 15 is 0 Å². The van der Waals surface area contributed by atoms with Gasteiger partial charge in [0.15, 0.2) is 0 Å². The quantitative estimate of drug-likeness (QED) is 0.314. The van der Waals surface area contributed by atoms with Crippen LogP contribution >= 0.6 is 7.60 Å². The summed E-state index contributed by atoms with van der Waals surface area (Å²) in [5.41, 5.74) is 0. The van der Waals surface area contributed by atoms with Crippen LogP contribution in [-0.4, -0.2) is 18.5 Å². The van der Waals surface area contributed by atoms with E-state index in [9.17, 15) is 13.3 Å². The first kappa shape index (κ1) is 14.1. The smallest absolute Gasteiger partial charge is 0.768 e. The van der Waals surface area contributed by atoms with Crippen LogP contribution in [0.15, 0.2) is 29.2 Å². The molecule has 0 heterocycles. The van der Waals surface area contributed by atoms with Gasteiger partial charge >= 0.3 is 26.5 Å². The molecule has 1 aromatic carbocycles. The fraction of sp³-hybridized carbons (Fsp3) is 0. The third-order valence-electron chi connectivity index (χ3n) is 1.36. The molecule has 0 amide bonds. The molecular weight excluding hydrogens is 222 g/mol. The molecule has 2 N–H and O–H groups in total. The van der Waals surface area contributed by atoms with Crippen molar-refractivity contribution in [2.45, 2.75) is 4.90 Å². The number of rotatable bonds is 2. The minimum atomic E-state index is -4.50. The van der Waals surface area contributed by atoms with E-state index in [2.05, 4.69) is 0 Å². The Kier molecular flexibility index (Phi) is 5.27. The van der Waals surface area contributed by atoms with Gasteiger partial charge in [0.2, 0.25) is 0 Å². The Morgan fingerprint density at radius 2 is 1.79 bits per heavy atom. The summed E-state index contributed by atoms with van der Waals surface area (Å²) >= 11 is -2.63. The van der Waals surface area contributed by atoms with Crippen LogP contribution in [0, 0.1) is 0 Å². The average molecular weight is 228 g/mol. The van der Waals surface area contributed by atoms with Crippen molar-refractivity contribution >= 4 is 24.0 Å². The van der Waals surface area contributed by atoms with Crippen LogP contribution in [0.5, 0.6) is 0 Å². The molecule has 0 saturated heterocycles. The summed E-state index contributed by atoms with van der Waals surface area (Å²) in [7, 11) is -4.50. The van der Waals surface area contributed by atoms with Gasteiger partial charge in [0, 0.05) is 4.90 Å². The van der Waals surface area contributed by atoms with Crippen LogP contribution in [0.25, 0.3) is 0 Å². The molecule has 1 unspecified atom stereocenters. The first-order valence-corrected chi connectivity index (χ1v) is 5.86. The molecule has 5 nitrogen and oxygen atoms in total. The zero-order chi connectivity index (χ0) is 10.1. The predicted octanol–water partition coefficient (Wildman–Crippen LogP) is -3.27. The molecule has 0 aliphatic heterocycles. The minimum Gasteiger partial charge on any atom is -0.768 e. The second-order valence-electron chi connectivity index (χ2n) is 2.25. The first-order valence-electron chi connectivity index (χ1n) is 3.17. The van der Waals surface area contributed by atoms with Gasteiger partial charge in [-0.3, -0.25) is 8.77 Å². The Hall–Kier alpha value is 0.0774. The van der Waals surface area contributed by atoms with Gasteiger partial charge in [-0.25, -0.2) is 0 Å². The molecule has 14 heavy (non-hydrogen) atoms. The van der Waals surface area contributed by atoms with E-state index in [0.29, 0.717) is 0 Å². The Morgan fingerprint density at radius 3 is 2.14 bits per heavy atom.